The minimum Gasteiger partial charge on any atom is -0.497 e. The monoisotopic (exact) mass is 324 g/mol. The molecule has 2 aromatic heterocycles. The molecule has 1 aromatic carbocycles. The van der Waals surface area contributed by atoms with E-state index in [2.05, 4.69) is 25.5 Å². The number of hydrogen-bond donors (Lipinski definition) is 3. The quantitative estimate of drug-likeness (QED) is 0.681. The summed E-state index contributed by atoms with van der Waals surface area (Å²) in [6, 6.07) is 8.38. The van der Waals surface area contributed by atoms with Crippen molar-refractivity contribution in [2.45, 2.75) is 31.3 Å². The summed E-state index contributed by atoms with van der Waals surface area (Å²) >= 11 is 0. The van der Waals surface area contributed by atoms with Crippen molar-refractivity contribution in [3.63, 3.8) is 0 Å². The van der Waals surface area contributed by atoms with Crippen LogP contribution >= 0.6 is 0 Å². The fraction of sp³-hybridized carbons (Fsp3) is 0.353. The molecule has 0 bridgehead atoms. The molecule has 0 unspecified atom stereocenters. The summed E-state index contributed by atoms with van der Waals surface area (Å²) in [5.74, 6) is 1.44. The Kier molecular flexibility index (Phi) is 3.78. The number of aromatic amines is 1. The van der Waals surface area contributed by atoms with Gasteiger partial charge in [-0.1, -0.05) is 0 Å². The smallest absolute Gasteiger partial charge is 0.223 e. The summed E-state index contributed by atoms with van der Waals surface area (Å²) in [4.78, 5) is 9.03. The van der Waals surface area contributed by atoms with E-state index in [9.17, 15) is 0 Å². The molecule has 4 N–H and O–H groups in total. The molecule has 0 amide bonds. The lowest BCUT2D eigenvalue weighted by molar-refractivity contribution is 0.415. The van der Waals surface area contributed by atoms with Gasteiger partial charge in [-0.3, -0.25) is 5.10 Å². The number of H-pyrrole nitrogens is 1. The van der Waals surface area contributed by atoms with Gasteiger partial charge in [-0.25, -0.2) is 9.97 Å². The fourth-order valence-corrected chi connectivity index (χ4v) is 3.16. The predicted octanol–water partition coefficient (Wildman–Crippen LogP) is 2.32. The minimum atomic E-state index is 0.273. The van der Waals surface area contributed by atoms with Gasteiger partial charge in [0.05, 0.1) is 13.3 Å². The van der Waals surface area contributed by atoms with Crippen LogP contribution in [0.1, 0.15) is 19.3 Å². The van der Waals surface area contributed by atoms with Crippen LogP contribution in [0.5, 0.6) is 5.75 Å². The molecular formula is C17H20N6O. The van der Waals surface area contributed by atoms with E-state index in [-0.39, 0.29) is 6.04 Å². The van der Waals surface area contributed by atoms with Gasteiger partial charge in [-0.05, 0) is 43.5 Å². The van der Waals surface area contributed by atoms with Crippen LogP contribution in [-0.2, 0) is 0 Å². The highest BCUT2D eigenvalue weighted by atomic mass is 16.5. The van der Waals surface area contributed by atoms with E-state index in [0.717, 1.165) is 47.3 Å². The van der Waals surface area contributed by atoms with Crippen LogP contribution in [0.25, 0.3) is 22.3 Å². The first kappa shape index (κ1) is 14.9. The van der Waals surface area contributed by atoms with E-state index in [1.165, 1.54) is 0 Å². The summed E-state index contributed by atoms with van der Waals surface area (Å²) in [5.41, 5.74) is 9.38. The van der Waals surface area contributed by atoms with Crippen molar-refractivity contribution in [3.05, 3.63) is 30.5 Å². The molecule has 124 valence electrons. The standard InChI is InChI=1S/C17H20N6O/c1-24-13-6-2-10(3-7-13)15-16-14(22-23-15)9-19-17(21-16)20-12-5-4-11(18)8-12/h2-3,6-7,9,11-12H,4-5,8,18H2,1H3,(H,22,23)(H,19,20,21)/t11-,12-/m1/s1. The van der Waals surface area contributed by atoms with Crippen molar-refractivity contribution >= 4 is 17.0 Å². The second-order valence-corrected chi connectivity index (χ2v) is 6.17. The first-order chi connectivity index (χ1) is 11.7. The maximum atomic E-state index is 5.97. The number of methoxy groups -OCH3 is 1. The lowest BCUT2D eigenvalue weighted by Crippen LogP contribution is -2.21. The van der Waals surface area contributed by atoms with Crippen molar-refractivity contribution in [3.8, 4) is 17.0 Å². The van der Waals surface area contributed by atoms with Crippen LogP contribution < -0.4 is 15.8 Å². The number of rotatable bonds is 4. The van der Waals surface area contributed by atoms with E-state index < -0.39 is 0 Å². The minimum absolute atomic E-state index is 0.273. The van der Waals surface area contributed by atoms with Crippen LogP contribution in [0.15, 0.2) is 30.5 Å². The highest BCUT2D eigenvalue weighted by molar-refractivity contribution is 5.89. The number of fused-ring (bicyclic) bond motifs is 1. The molecule has 1 fully saturated rings. The van der Waals surface area contributed by atoms with Crippen LogP contribution in [0.4, 0.5) is 5.95 Å². The fourth-order valence-electron chi connectivity index (χ4n) is 3.16. The maximum Gasteiger partial charge on any atom is 0.223 e. The molecule has 2 atom stereocenters. The van der Waals surface area contributed by atoms with Gasteiger partial charge in [-0.2, -0.15) is 5.10 Å². The number of anilines is 1. The van der Waals surface area contributed by atoms with Gasteiger partial charge in [0.15, 0.2) is 0 Å². The molecule has 1 aliphatic carbocycles. The highest BCUT2D eigenvalue weighted by Gasteiger charge is 2.22. The van der Waals surface area contributed by atoms with Crippen molar-refractivity contribution in [1.29, 1.82) is 0 Å². The Morgan fingerprint density at radius 3 is 2.79 bits per heavy atom. The largest absolute Gasteiger partial charge is 0.497 e. The predicted molar refractivity (Wildman–Crippen MR) is 92.9 cm³/mol. The molecule has 2 heterocycles. The van der Waals surface area contributed by atoms with Crippen LogP contribution in [0.3, 0.4) is 0 Å². The van der Waals surface area contributed by atoms with Gasteiger partial charge >= 0.3 is 0 Å². The van der Waals surface area contributed by atoms with Crippen molar-refractivity contribution in [2.75, 3.05) is 12.4 Å². The lowest BCUT2D eigenvalue weighted by atomic mass is 10.1. The third kappa shape index (κ3) is 2.78. The van der Waals surface area contributed by atoms with Gasteiger partial charge in [-0.15, -0.1) is 0 Å². The number of ether oxygens (including phenoxy) is 1. The SMILES string of the molecule is COc1ccc(-c2n[nH]c3cnc(N[C@@H]4CC[C@@H](N)C4)nc23)cc1. The Labute approximate surface area is 139 Å². The van der Waals surface area contributed by atoms with Crippen molar-refractivity contribution in [1.82, 2.24) is 20.2 Å². The molecular weight excluding hydrogens is 304 g/mol. The topological polar surface area (TPSA) is 102 Å². The number of nitrogens with two attached hydrogens (primary N) is 1. The first-order valence-corrected chi connectivity index (χ1v) is 8.10. The second-order valence-electron chi connectivity index (χ2n) is 6.17. The van der Waals surface area contributed by atoms with Gasteiger partial charge in [0.1, 0.15) is 22.5 Å². The number of nitrogens with zero attached hydrogens (tertiary/aromatic N) is 3. The molecule has 1 saturated carbocycles. The number of aromatic nitrogens is 4. The highest BCUT2D eigenvalue weighted by Crippen LogP contribution is 2.27. The normalized spacial score (nSPS) is 20.4. The Bertz CT molecular complexity index is 844. The molecule has 4 rings (SSSR count). The van der Waals surface area contributed by atoms with E-state index in [4.69, 9.17) is 10.5 Å². The Morgan fingerprint density at radius 2 is 2.08 bits per heavy atom. The van der Waals surface area contributed by atoms with Gasteiger partial charge in [0.25, 0.3) is 0 Å². The summed E-state index contributed by atoms with van der Waals surface area (Å²) in [6.45, 7) is 0. The molecule has 0 spiro atoms. The molecule has 7 heteroatoms. The molecule has 7 nitrogen and oxygen atoms in total. The van der Waals surface area contributed by atoms with E-state index in [0.29, 0.717) is 12.0 Å². The van der Waals surface area contributed by atoms with E-state index in [1.54, 1.807) is 13.3 Å². The summed E-state index contributed by atoms with van der Waals surface area (Å²) in [7, 11) is 1.65. The van der Waals surface area contributed by atoms with Crippen molar-refractivity contribution in [2.24, 2.45) is 5.73 Å². The summed E-state index contributed by atoms with van der Waals surface area (Å²) < 4.78 is 5.20. The van der Waals surface area contributed by atoms with Gasteiger partial charge in [0, 0.05) is 17.6 Å². The number of hydrogen-bond acceptors (Lipinski definition) is 6. The summed E-state index contributed by atoms with van der Waals surface area (Å²) in [5, 5.41) is 10.8. The summed E-state index contributed by atoms with van der Waals surface area (Å²) in [6.07, 6.45) is 4.82. The Hall–Kier alpha value is -2.67. The average molecular weight is 324 g/mol. The second kappa shape index (κ2) is 6.09. The zero-order valence-electron chi connectivity index (χ0n) is 13.5. The Morgan fingerprint density at radius 1 is 1.25 bits per heavy atom. The average Bonchev–Trinajstić information content (AvgIpc) is 3.21. The molecule has 0 radical (unpaired) electrons. The van der Waals surface area contributed by atoms with Gasteiger partial charge < -0.3 is 15.8 Å². The zero-order chi connectivity index (χ0) is 16.5. The molecule has 1 aliphatic rings. The molecule has 24 heavy (non-hydrogen) atoms. The molecule has 0 saturated heterocycles. The zero-order valence-corrected chi connectivity index (χ0v) is 13.5. The van der Waals surface area contributed by atoms with E-state index in [1.807, 2.05) is 24.3 Å². The third-order valence-corrected chi connectivity index (χ3v) is 4.47. The van der Waals surface area contributed by atoms with Crippen LogP contribution in [-0.4, -0.2) is 39.4 Å². The molecule has 0 aliphatic heterocycles. The van der Waals surface area contributed by atoms with Crippen molar-refractivity contribution < 1.29 is 4.74 Å². The first-order valence-electron chi connectivity index (χ1n) is 8.10. The number of benzene rings is 1. The number of nitrogens with one attached hydrogen (secondary N) is 2. The Balaban J connectivity index is 1.65. The van der Waals surface area contributed by atoms with E-state index >= 15 is 0 Å². The maximum absolute atomic E-state index is 5.97. The van der Waals surface area contributed by atoms with Gasteiger partial charge in [0.2, 0.25) is 5.95 Å². The third-order valence-electron chi connectivity index (χ3n) is 4.47. The molecule has 3 aromatic rings. The lowest BCUT2D eigenvalue weighted by Gasteiger charge is -2.11. The van der Waals surface area contributed by atoms with Crippen LogP contribution in [0, 0.1) is 0 Å². The van der Waals surface area contributed by atoms with Crippen LogP contribution in [0.2, 0.25) is 0 Å².